The smallest absolute Gasteiger partial charge is 0.319 e. The number of phenolic OH excluding ortho intramolecular Hbond substituents is 1. The van der Waals surface area contributed by atoms with Crippen LogP contribution in [0.5, 0.6) is 11.8 Å². The second-order valence-corrected chi connectivity index (χ2v) is 12.7. The number of terminal acetylenes is 1. The standard InChI is InChI=1S/C34H33F4N5O2/c1-4-23-26(36)8-5-18-11-22(44)12-24(28(18)23)29-27(37)13-25-31(30(29)38)40-33(45-17-34(2)19(14-35)9-10-42(34)3)41-32(25)43-15-20-6-7-21(16-43)39-20/h1,5,8,11-13,19-21,39,44H,6-7,9-10,14-17H2,2-3H3/t19-,20-,21+,34+/m1/s1. The number of hydrogen-bond acceptors (Lipinski definition) is 7. The Morgan fingerprint density at radius 1 is 1.09 bits per heavy atom. The molecule has 0 saturated carbocycles. The molecule has 0 aliphatic carbocycles. The van der Waals surface area contributed by atoms with Gasteiger partial charge >= 0.3 is 6.01 Å². The van der Waals surface area contributed by atoms with Gasteiger partial charge in [0.15, 0.2) is 5.82 Å². The summed E-state index contributed by atoms with van der Waals surface area (Å²) in [6, 6.07) is 6.53. The average molecular weight is 620 g/mol. The highest BCUT2D eigenvalue weighted by atomic mass is 19.1. The summed E-state index contributed by atoms with van der Waals surface area (Å²) in [7, 11) is 1.91. The van der Waals surface area contributed by atoms with E-state index in [0.717, 1.165) is 25.0 Å². The highest BCUT2D eigenvalue weighted by Crippen LogP contribution is 2.42. The Morgan fingerprint density at radius 2 is 1.84 bits per heavy atom. The van der Waals surface area contributed by atoms with E-state index >= 15 is 8.78 Å². The first kappa shape index (κ1) is 29.6. The highest BCUT2D eigenvalue weighted by Gasteiger charge is 2.44. The van der Waals surface area contributed by atoms with Crippen LogP contribution in [-0.4, -0.2) is 77.6 Å². The zero-order valence-corrected chi connectivity index (χ0v) is 25.0. The molecule has 0 spiro atoms. The molecule has 1 aromatic heterocycles. The normalized spacial score (nSPS) is 24.9. The highest BCUT2D eigenvalue weighted by molar-refractivity contribution is 6.04. The van der Waals surface area contributed by atoms with E-state index in [9.17, 15) is 13.9 Å². The molecule has 0 unspecified atom stereocenters. The minimum Gasteiger partial charge on any atom is -0.508 e. The van der Waals surface area contributed by atoms with Gasteiger partial charge in [-0.3, -0.25) is 9.29 Å². The first-order chi connectivity index (χ1) is 21.6. The van der Waals surface area contributed by atoms with Gasteiger partial charge in [0.1, 0.15) is 35.3 Å². The molecular formula is C34H33F4N5O2. The first-order valence-corrected chi connectivity index (χ1v) is 15.1. The molecule has 4 aromatic rings. The van der Waals surface area contributed by atoms with Gasteiger partial charge in [0, 0.05) is 47.4 Å². The van der Waals surface area contributed by atoms with Gasteiger partial charge in [0.25, 0.3) is 0 Å². The van der Waals surface area contributed by atoms with Gasteiger partial charge in [-0.05, 0) is 69.4 Å². The van der Waals surface area contributed by atoms with E-state index < -0.39 is 35.2 Å². The van der Waals surface area contributed by atoms with Crippen LogP contribution in [0.4, 0.5) is 23.4 Å². The Bertz CT molecular complexity index is 1870. The van der Waals surface area contributed by atoms with Gasteiger partial charge in [-0.2, -0.15) is 9.97 Å². The zero-order chi connectivity index (χ0) is 31.6. The molecule has 2 bridgehead atoms. The van der Waals surface area contributed by atoms with Crippen LogP contribution in [0.2, 0.25) is 0 Å². The number of anilines is 1. The monoisotopic (exact) mass is 619 g/mol. The SMILES string of the molecule is C#Cc1c(F)ccc2cc(O)cc(-c3c(F)cc4c(N5C[C@H]6CC[C@@H](C5)N6)nc(OC[C@@]5(C)[C@@H](CF)CCN5C)nc4c3F)c12. The van der Waals surface area contributed by atoms with Crippen LogP contribution in [0, 0.1) is 35.7 Å². The number of likely N-dealkylation sites (tertiary alicyclic amines) is 1. The lowest BCUT2D eigenvalue weighted by molar-refractivity contribution is 0.0657. The third kappa shape index (κ3) is 4.82. The molecule has 11 heteroatoms. The third-order valence-electron chi connectivity index (χ3n) is 10.1. The molecule has 234 valence electrons. The lowest BCUT2D eigenvalue weighted by atomic mass is 9.88. The predicted molar refractivity (Wildman–Crippen MR) is 165 cm³/mol. The van der Waals surface area contributed by atoms with Crippen molar-refractivity contribution in [3.05, 3.63) is 53.3 Å². The molecule has 3 aromatic carbocycles. The number of alkyl halides is 1. The molecule has 4 atom stereocenters. The summed E-state index contributed by atoms with van der Waals surface area (Å²) in [6.45, 7) is 3.35. The van der Waals surface area contributed by atoms with Gasteiger partial charge in [-0.25, -0.2) is 13.2 Å². The number of halogens is 4. The van der Waals surface area contributed by atoms with Crippen LogP contribution in [0.15, 0.2) is 30.3 Å². The fourth-order valence-corrected chi connectivity index (χ4v) is 7.36. The van der Waals surface area contributed by atoms with Crippen molar-refractivity contribution in [1.82, 2.24) is 20.2 Å². The summed E-state index contributed by atoms with van der Waals surface area (Å²) >= 11 is 0. The number of nitrogens with one attached hydrogen (secondary N) is 1. The van der Waals surface area contributed by atoms with Crippen molar-refractivity contribution in [2.45, 2.75) is 43.8 Å². The number of fused-ring (bicyclic) bond motifs is 4. The number of aromatic hydroxyl groups is 1. The summed E-state index contributed by atoms with van der Waals surface area (Å²) < 4.78 is 67.8. The van der Waals surface area contributed by atoms with Crippen LogP contribution in [0.25, 0.3) is 32.8 Å². The number of nitrogens with zero attached hydrogens (tertiary/aromatic N) is 4. The Morgan fingerprint density at radius 3 is 2.56 bits per heavy atom. The van der Waals surface area contributed by atoms with Crippen LogP contribution < -0.4 is 15.0 Å². The number of likely N-dealkylation sites (N-methyl/N-ethyl adjacent to an activating group) is 1. The maximum Gasteiger partial charge on any atom is 0.319 e. The van der Waals surface area contributed by atoms with Crippen molar-refractivity contribution in [3.63, 3.8) is 0 Å². The van der Waals surface area contributed by atoms with E-state index in [2.05, 4.69) is 21.2 Å². The third-order valence-corrected chi connectivity index (χ3v) is 10.1. The summed E-state index contributed by atoms with van der Waals surface area (Å²) in [6.07, 6.45) is 8.27. The summed E-state index contributed by atoms with van der Waals surface area (Å²) in [4.78, 5) is 13.2. The van der Waals surface area contributed by atoms with Crippen molar-refractivity contribution in [2.24, 2.45) is 5.92 Å². The number of ether oxygens (including phenoxy) is 1. The molecule has 7 nitrogen and oxygen atoms in total. The molecule has 45 heavy (non-hydrogen) atoms. The molecule has 3 aliphatic rings. The van der Waals surface area contributed by atoms with E-state index in [1.54, 1.807) is 0 Å². The molecule has 4 heterocycles. The van der Waals surface area contributed by atoms with Crippen LogP contribution in [-0.2, 0) is 0 Å². The molecule has 0 radical (unpaired) electrons. The van der Waals surface area contributed by atoms with Crippen LogP contribution in [0.3, 0.4) is 0 Å². The van der Waals surface area contributed by atoms with E-state index in [4.69, 9.17) is 11.2 Å². The Balaban J connectivity index is 1.42. The fraction of sp³-hybridized carbons (Fsp3) is 0.412. The molecule has 0 amide bonds. The molecule has 2 N–H and O–H groups in total. The average Bonchev–Trinajstić information content (AvgIpc) is 3.51. The number of benzene rings is 3. The largest absolute Gasteiger partial charge is 0.508 e. The van der Waals surface area contributed by atoms with Gasteiger partial charge < -0.3 is 20.1 Å². The summed E-state index contributed by atoms with van der Waals surface area (Å²) in [5, 5.41) is 14.6. The predicted octanol–water partition coefficient (Wildman–Crippen LogP) is 5.55. The van der Waals surface area contributed by atoms with Crippen LogP contribution in [0.1, 0.15) is 31.7 Å². The van der Waals surface area contributed by atoms with Gasteiger partial charge in [0.05, 0.1) is 23.3 Å². The second kappa shape index (κ2) is 11.0. The first-order valence-electron chi connectivity index (χ1n) is 15.1. The Labute approximate surface area is 258 Å². The van der Waals surface area contributed by atoms with Crippen molar-refractivity contribution in [3.8, 4) is 35.2 Å². The number of hydrogen-bond donors (Lipinski definition) is 2. The lowest BCUT2D eigenvalue weighted by Gasteiger charge is -2.36. The number of aromatic nitrogens is 2. The van der Waals surface area contributed by atoms with E-state index in [1.165, 1.54) is 18.2 Å². The van der Waals surface area contributed by atoms with Crippen LogP contribution >= 0.6 is 0 Å². The molecule has 3 saturated heterocycles. The lowest BCUT2D eigenvalue weighted by Crippen LogP contribution is -2.51. The minimum absolute atomic E-state index is 0.0630. The van der Waals surface area contributed by atoms with E-state index in [1.807, 2.05) is 23.8 Å². The second-order valence-electron chi connectivity index (χ2n) is 12.7. The van der Waals surface area contributed by atoms with E-state index in [0.29, 0.717) is 37.3 Å². The van der Waals surface area contributed by atoms with Crippen molar-refractivity contribution < 1.29 is 27.4 Å². The quantitative estimate of drug-likeness (QED) is 0.217. The van der Waals surface area contributed by atoms with Crippen molar-refractivity contribution in [1.29, 1.82) is 0 Å². The zero-order valence-electron chi connectivity index (χ0n) is 25.0. The van der Waals surface area contributed by atoms with Crippen molar-refractivity contribution in [2.75, 3.05) is 44.9 Å². The molecular weight excluding hydrogens is 586 g/mol. The number of phenols is 1. The maximum atomic E-state index is 16.8. The van der Waals surface area contributed by atoms with Gasteiger partial charge in [-0.1, -0.05) is 12.0 Å². The summed E-state index contributed by atoms with van der Waals surface area (Å²) in [5.41, 5.74) is -1.63. The molecule has 7 rings (SSSR count). The minimum atomic E-state index is -1.03. The molecule has 3 fully saturated rings. The van der Waals surface area contributed by atoms with Crippen molar-refractivity contribution >= 4 is 27.5 Å². The van der Waals surface area contributed by atoms with E-state index in [-0.39, 0.29) is 63.8 Å². The number of piperazine rings is 1. The Kier molecular flexibility index (Phi) is 7.25. The topological polar surface area (TPSA) is 73.8 Å². The maximum absolute atomic E-state index is 16.8. The van der Waals surface area contributed by atoms with Gasteiger partial charge in [-0.15, -0.1) is 6.42 Å². The fourth-order valence-electron chi connectivity index (χ4n) is 7.36. The Hall–Kier alpha value is -4.14. The molecule has 3 aliphatic heterocycles. The summed E-state index contributed by atoms with van der Waals surface area (Å²) in [5.74, 6) is -0.608. The number of rotatable bonds is 6. The van der Waals surface area contributed by atoms with Gasteiger partial charge in [0.2, 0.25) is 0 Å².